The summed E-state index contributed by atoms with van der Waals surface area (Å²) in [6, 6.07) is 21.5. The molecular weight excluding hydrogens is 358 g/mol. The van der Waals surface area contributed by atoms with Gasteiger partial charge in [0.05, 0.1) is 11.2 Å². The van der Waals surface area contributed by atoms with Crippen molar-refractivity contribution in [2.45, 2.75) is 19.3 Å². The fraction of sp³-hybridized carbons (Fsp3) is 0.136. The molecule has 0 saturated carbocycles. The third-order valence-corrected chi connectivity index (χ3v) is 5.54. The molecule has 2 heteroatoms. The monoisotopic (exact) mass is 373 g/mol. The minimum absolute atomic E-state index is 1.10. The molecule has 1 nitrogen and oxygen atoms in total. The summed E-state index contributed by atoms with van der Waals surface area (Å²) in [5.74, 6) is 0. The van der Waals surface area contributed by atoms with Crippen LogP contribution in [-0.4, -0.2) is 4.98 Å². The first-order valence-electron chi connectivity index (χ1n) is 8.40. The number of aryl methyl sites for hydroxylation is 1. The van der Waals surface area contributed by atoms with Crippen molar-refractivity contribution >= 4 is 37.6 Å². The molecule has 0 bridgehead atoms. The van der Waals surface area contributed by atoms with Crippen LogP contribution in [0.5, 0.6) is 0 Å². The largest absolute Gasteiger partial charge is 0.247 e. The number of hydrogen-bond acceptors (Lipinski definition) is 1. The van der Waals surface area contributed by atoms with Crippen LogP contribution in [0.3, 0.4) is 0 Å². The quantitative estimate of drug-likeness (QED) is 0.356. The fourth-order valence-corrected chi connectivity index (χ4v) is 4.41. The lowest BCUT2D eigenvalue weighted by atomic mass is 9.95. The Morgan fingerprint density at radius 2 is 1.71 bits per heavy atom. The summed E-state index contributed by atoms with van der Waals surface area (Å²) in [7, 11) is 0. The van der Waals surface area contributed by atoms with Crippen LogP contribution in [0.2, 0.25) is 0 Å². The Bertz CT molecular complexity index is 1100. The van der Waals surface area contributed by atoms with Gasteiger partial charge in [-0.15, -0.1) is 0 Å². The molecular formula is C22H16BrN. The van der Waals surface area contributed by atoms with E-state index in [1.54, 1.807) is 0 Å². The maximum atomic E-state index is 5.09. The van der Waals surface area contributed by atoms with Crippen LogP contribution >= 0.6 is 15.9 Å². The molecule has 0 aliphatic heterocycles. The van der Waals surface area contributed by atoms with Gasteiger partial charge in [-0.05, 0) is 59.4 Å². The molecule has 0 saturated heterocycles. The van der Waals surface area contributed by atoms with E-state index in [1.807, 2.05) is 0 Å². The molecule has 0 unspecified atom stereocenters. The molecule has 0 fully saturated rings. The Morgan fingerprint density at radius 1 is 0.833 bits per heavy atom. The van der Waals surface area contributed by atoms with Crippen LogP contribution in [0.1, 0.15) is 17.5 Å². The maximum Gasteiger partial charge on any atom is 0.0744 e. The SMILES string of the molecule is Brc1cccc(-c2nc3ccc4ccccc4c3c3c2CCC3)c1. The molecule has 0 radical (unpaired) electrons. The molecule has 0 spiro atoms. The number of benzene rings is 3. The van der Waals surface area contributed by atoms with Crippen molar-refractivity contribution < 1.29 is 0 Å². The zero-order chi connectivity index (χ0) is 16.1. The molecule has 3 aromatic carbocycles. The highest BCUT2D eigenvalue weighted by Gasteiger charge is 2.21. The van der Waals surface area contributed by atoms with E-state index >= 15 is 0 Å². The summed E-state index contributed by atoms with van der Waals surface area (Å²) in [6.45, 7) is 0. The van der Waals surface area contributed by atoms with Gasteiger partial charge in [-0.3, -0.25) is 0 Å². The normalized spacial score (nSPS) is 13.5. The number of aromatic nitrogens is 1. The van der Waals surface area contributed by atoms with Gasteiger partial charge in [0, 0.05) is 15.4 Å². The first-order valence-corrected chi connectivity index (χ1v) is 9.20. The van der Waals surface area contributed by atoms with Gasteiger partial charge < -0.3 is 0 Å². The number of hydrogen-bond donors (Lipinski definition) is 0. The Morgan fingerprint density at radius 3 is 2.62 bits per heavy atom. The second-order valence-electron chi connectivity index (χ2n) is 6.46. The van der Waals surface area contributed by atoms with Crippen LogP contribution < -0.4 is 0 Å². The van der Waals surface area contributed by atoms with Gasteiger partial charge in [-0.25, -0.2) is 4.98 Å². The van der Waals surface area contributed by atoms with E-state index < -0.39 is 0 Å². The van der Waals surface area contributed by atoms with Crippen molar-refractivity contribution in [1.29, 1.82) is 0 Å². The summed E-state index contributed by atoms with van der Waals surface area (Å²) in [5, 5.41) is 4.00. The van der Waals surface area contributed by atoms with Gasteiger partial charge in [0.2, 0.25) is 0 Å². The molecule has 1 aromatic heterocycles. The van der Waals surface area contributed by atoms with Gasteiger partial charge in [-0.1, -0.05) is 58.4 Å². The van der Waals surface area contributed by atoms with Crippen molar-refractivity contribution in [2.75, 3.05) is 0 Å². The van der Waals surface area contributed by atoms with Crippen LogP contribution in [0, 0.1) is 0 Å². The van der Waals surface area contributed by atoms with Crippen molar-refractivity contribution in [3.8, 4) is 11.3 Å². The number of rotatable bonds is 1. The molecule has 1 heterocycles. The number of halogens is 1. The summed E-state index contributed by atoms with van der Waals surface area (Å²) < 4.78 is 1.10. The summed E-state index contributed by atoms with van der Waals surface area (Å²) >= 11 is 3.59. The summed E-state index contributed by atoms with van der Waals surface area (Å²) in [6.07, 6.45) is 3.51. The standard InChI is InChI=1S/C22H16BrN/c23-16-7-3-6-15(13-16)22-19-10-4-9-18(19)21-17-8-2-1-5-14(17)11-12-20(21)24-22/h1-3,5-8,11-13H,4,9-10H2. The molecule has 24 heavy (non-hydrogen) atoms. The molecule has 4 aromatic rings. The Hall–Kier alpha value is -2.19. The molecule has 116 valence electrons. The first kappa shape index (κ1) is 14.2. The van der Waals surface area contributed by atoms with E-state index in [0.29, 0.717) is 0 Å². The maximum absolute atomic E-state index is 5.09. The number of pyridine rings is 1. The van der Waals surface area contributed by atoms with Crippen molar-refractivity contribution in [2.24, 2.45) is 0 Å². The number of fused-ring (bicyclic) bond motifs is 5. The first-order chi connectivity index (χ1) is 11.8. The van der Waals surface area contributed by atoms with Crippen molar-refractivity contribution in [3.05, 3.63) is 76.3 Å². The molecule has 0 N–H and O–H groups in total. The van der Waals surface area contributed by atoms with E-state index in [2.05, 4.69) is 76.6 Å². The molecule has 0 atom stereocenters. The lowest BCUT2D eigenvalue weighted by Gasteiger charge is -2.14. The highest BCUT2D eigenvalue weighted by atomic mass is 79.9. The highest BCUT2D eigenvalue weighted by Crippen LogP contribution is 2.39. The smallest absolute Gasteiger partial charge is 0.0744 e. The Balaban J connectivity index is 1.90. The fourth-order valence-electron chi connectivity index (χ4n) is 4.01. The minimum Gasteiger partial charge on any atom is -0.247 e. The van der Waals surface area contributed by atoms with E-state index in [1.165, 1.54) is 39.3 Å². The van der Waals surface area contributed by atoms with Gasteiger partial charge in [0.15, 0.2) is 0 Å². The topological polar surface area (TPSA) is 12.9 Å². The van der Waals surface area contributed by atoms with Crippen LogP contribution in [0.4, 0.5) is 0 Å². The Labute approximate surface area is 149 Å². The zero-order valence-electron chi connectivity index (χ0n) is 13.2. The van der Waals surface area contributed by atoms with Crippen molar-refractivity contribution in [1.82, 2.24) is 4.98 Å². The molecule has 1 aliphatic rings. The summed E-state index contributed by atoms with van der Waals surface area (Å²) in [4.78, 5) is 5.09. The van der Waals surface area contributed by atoms with Gasteiger partial charge in [0.1, 0.15) is 0 Å². The van der Waals surface area contributed by atoms with Gasteiger partial charge >= 0.3 is 0 Å². The average Bonchev–Trinajstić information content (AvgIpc) is 3.10. The third kappa shape index (κ3) is 2.10. The van der Waals surface area contributed by atoms with Crippen LogP contribution in [0.25, 0.3) is 32.9 Å². The lowest BCUT2D eigenvalue weighted by molar-refractivity contribution is 0.913. The summed E-state index contributed by atoms with van der Waals surface area (Å²) in [5.41, 5.74) is 6.43. The zero-order valence-corrected chi connectivity index (χ0v) is 14.8. The highest BCUT2D eigenvalue weighted by molar-refractivity contribution is 9.10. The Kier molecular flexibility index (Phi) is 3.20. The van der Waals surface area contributed by atoms with Crippen molar-refractivity contribution in [3.63, 3.8) is 0 Å². The number of nitrogens with zero attached hydrogens (tertiary/aromatic N) is 1. The van der Waals surface area contributed by atoms with Crippen LogP contribution in [-0.2, 0) is 12.8 Å². The van der Waals surface area contributed by atoms with E-state index in [0.717, 1.165) is 28.5 Å². The van der Waals surface area contributed by atoms with Gasteiger partial charge in [0.25, 0.3) is 0 Å². The predicted molar refractivity (Wildman–Crippen MR) is 104 cm³/mol. The average molecular weight is 374 g/mol. The minimum atomic E-state index is 1.10. The lowest BCUT2D eigenvalue weighted by Crippen LogP contribution is -1.96. The van der Waals surface area contributed by atoms with Gasteiger partial charge in [-0.2, -0.15) is 0 Å². The van der Waals surface area contributed by atoms with Crippen LogP contribution in [0.15, 0.2) is 65.1 Å². The molecule has 1 aliphatic carbocycles. The molecule has 5 rings (SSSR count). The third-order valence-electron chi connectivity index (χ3n) is 5.04. The van der Waals surface area contributed by atoms with E-state index in [4.69, 9.17) is 4.98 Å². The van der Waals surface area contributed by atoms with E-state index in [-0.39, 0.29) is 0 Å². The second kappa shape index (κ2) is 5.42. The molecule has 0 amide bonds. The van der Waals surface area contributed by atoms with E-state index in [9.17, 15) is 0 Å². The second-order valence-corrected chi connectivity index (χ2v) is 7.38. The predicted octanol–water partition coefficient (Wildman–Crippen LogP) is 6.31.